The second-order valence-electron chi connectivity index (χ2n) is 3.42. The molecule has 0 radical (unpaired) electrons. The Balaban J connectivity index is 2.18. The second kappa shape index (κ2) is 4.99. The number of hydrogen-bond acceptors (Lipinski definition) is 5. The minimum Gasteiger partial charge on any atom is -0.366 e. The van der Waals surface area contributed by atoms with Crippen LogP contribution in [0.1, 0.15) is 6.42 Å². The SMILES string of the molecule is N#CCCn1nc(N)nc1Nc1ccccc1. The van der Waals surface area contributed by atoms with Crippen molar-refractivity contribution in [3.63, 3.8) is 0 Å². The van der Waals surface area contributed by atoms with Gasteiger partial charge in [-0.1, -0.05) is 18.2 Å². The lowest BCUT2D eigenvalue weighted by molar-refractivity contribution is 0.637. The Morgan fingerprint density at radius 2 is 2.12 bits per heavy atom. The first kappa shape index (κ1) is 11.0. The molecule has 0 spiro atoms. The van der Waals surface area contributed by atoms with Gasteiger partial charge in [-0.15, -0.1) is 5.10 Å². The molecule has 0 amide bonds. The zero-order valence-electron chi connectivity index (χ0n) is 9.17. The molecule has 0 atom stereocenters. The fourth-order valence-corrected chi connectivity index (χ4v) is 1.41. The molecule has 1 heterocycles. The van der Waals surface area contributed by atoms with Crippen LogP contribution in [0.2, 0.25) is 0 Å². The second-order valence-corrected chi connectivity index (χ2v) is 3.42. The van der Waals surface area contributed by atoms with Gasteiger partial charge in [0, 0.05) is 5.69 Å². The number of aryl methyl sites for hydroxylation is 1. The Hall–Kier alpha value is -2.55. The van der Waals surface area contributed by atoms with Gasteiger partial charge in [0.15, 0.2) is 0 Å². The molecule has 0 bridgehead atoms. The molecule has 2 aromatic rings. The van der Waals surface area contributed by atoms with Gasteiger partial charge in [0.2, 0.25) is 11.9 Å². The lowest BCUT2D eigenvalue weighted by Gasteiger charge is -2.05. The molecule has 0 aliphatic heterocycles. The van der Waals surface area contributed by atoms with E-state index < -0.39 is 0 Å². The number of nitrogen functional groups attached to an aromatic ring is 1. The largest absolute Gasteiger partial charge is 0.366 e. The van der Waals surface area contributed by atoms with Crippen LogP contribution in [0.15, 0.2) is 30.3 Å². The monoisotopic (exact) mass is 228 g/mol. The highest BCUT2D eigenvalue weighted by atomic mass is 15.4. The van der Waals surface area contributed by atoms with Crippen molar-refractivity contribution in [1.29, 1.82) is 5.26 Å². The zero-order chi connectivity index (χ0) is 12.1. The summed E-state index contributed by atoms with van der Waals surface area (Å²) in [4.78, 5) is 4.07. The molecule has 0 aliphatic rings. The first-order chi connectivity index (χ1) is 8.29. The van der Waals surface area contributed by atoms with Crippen molar-refractivity contribution in [3.8, 4) is 6.07 Å². The van der Waals surface area contributed by atoms with E-state index in [2.05, 4.69) is 21.5 Å². The van der Waals surface area contributed by atoms with Gasteiger partial charge in [-0.25, -0.2) is 4.68 Å². The molecule has 0 unspecified atom stereocenters. The summed E-state index contributed by atoms with van der Waals surface area (Å²) in [6.45, 7) is 0.468. The lowest BCUT2D eigenvalue weighted by Crippen LogP contribution is -2.05. The maximum Gasteiger partial charge on any atom is 0.241 e. The maximum absolute atomic E-state index is 8.55. The summed E-state index contributed by atoms with van der Waals surface area (Å²) >= 11 is 0. The van der Waals surface area contributed by atoms with Crippen LogP contribution in [-0.2, 0) is 6.54 Å². The van der Waals surface area contributed by atoms with Crippen molar-refractivity contribution < 1.29 is 0 Å². The molecule has 0 saturated heterocycles. The zero-order valence-corrected chi connectivity index (χ0v) is 9.17. The highest BCUT2D eigenvalue weighted by Crippen LogP contribution is 2.15. The van der Waals surface area contributed by atoms with E-state index in [1.807, 2.05) is 30.3 Å². The van der Waals surface area contributed by atoms with Gasteiger partial charge in [0.25, 0.3) is 0 Å². The third kappa shape index (κ3) is 2.72. The predicted molar refractivity (Wildman–Crippen MR) is 64.4 cm³/mol. The van der Waals surface area contributed by atoms with Crippen LogP contribution >= 0.6 is 0 Å². The van der Waals surface area contributed by atoms with Crippen molar-refractivity contribution in [3.05, 3.63) is 30.3 Å². The van der Waals surface area contributed by atoms with Crippen LogP contribution in [0.25, 0.3) is 0 Å². The number of hydrogen-bond donors (Lipinski definition) is 2. The van der Waals surface area contributed by atoms with Gasteiger partial charge < -0.3 is 11.1 Å². The van der Waals surface area contributed by atoms with E-state index >= 15 is 0 Å². The Labute approximate surface area is 98.7 Å². The third-order valence-corrected chi connectivity index (χ3v) is 2.15. The predicted octanol–water partition coefficient (Wildman–Crippen LogP) is 1.52. The summed E-state index contributed by atoms with van der Waals surface area (Å²) in [7, 11) is 0. The summed E-state index contributed by atoms with van der Waals surface area (Å²) in [6, 6.07) is 11.7. The first-order valence-electron chi connectivity index (χ1n) is 5.19. The van der Waals surface area contributed by atoms with E-state index in [9.17, 15) is 0 Å². The molecule has 17 heavy (non-hydrogen) atoms. The normalized spacial score (nSPS) is 9.82. The van der Waals surface area contributed by atoms with Crippen molar-refractivity contribution in [2.24, 2.45) is 0 Å². The standard InChI is InChI=1S/C11H12N6/c12-7-4-8-17-11(15-10(13)16-17)14-9-5-2-1-3-6-9/h1-3,5-6H,4,8H2,(H3,13,14,15,16). The molecule has 1 aromatic carbocycles. The summed E-state index contributed by atoms with van der Waals surface area (Å²) < 4.78 is 1.59. The Bertz CT molecular complexity index is 525. The molecule has 2 rings (SSSR count). The van der Waals surface area contributed by atoms with Crippen LogP contribution in [-0.4, -0.2) is 14.8 Å². The number of nitrogens with one attached hydrogen (secondary N) is 1. The number of aromatic nitrogens is 3. The molecule has 0 fully saturated rings. The van der Waals surface area contributed by atoms with Crippen LogP contribution < -0.4 is 11.1 Å². The van der Waals surface area contributed by atoms with Gasteiger partial charge >= 0.3 is 0 Å². The topological polar surface area (TPSA) is 92.5 Å². The Morgan fingerprint density at radius 3 is 2.82 bits per heavy atom. The smallest absolute Gasteiger partial charge is 0.241 e. The van der Waals surface area contributed by atoms with Crippen LogP contribution in [0.3, 0.4) is 0 Å². The molecule has 3 N–H and O–H groups in total. The average molecular weight is 228 g/mol. The Kier molecular flexibility index (Phi) is 3.21. The van der Waals surface area contributed by atoms with Crippen molar-refractivity contribution in [2.75, 3.05) is 11.1 Å². The molecule has 6 heteroatoms. The summed E-state index contributed by atoms with van der Waals surface area (Å²) in [5.41, 5.74) is 6.44. The van der Waals surface area contributed by atoms with E-state index in [0.717, 1.165) is 5.69 Å². The molecule has 6 nitrogen and oxygen atoms in total. The number of nitriles is 1. The first-order valence-corrected chi connectivity index (χ1v) is 5.19. The fraction of sp³-hybridized carbons (Fsp3) is 0.182. The quantitative estimate of drug-likeness (QED) is 0.827. The number of benzene rings is 1. The van der Waals surface area contributed by atoms with Crippen molar-refractivity contribution in [2.45, 2.75) is 13.0 Å². The molecular weight excluding hydrogens is 216 g/mol. The van der Waals surface area contributed by atoms with E-state index in [-0.39, 0.29) is 5.95 Å². The van der Waals surface area contributed by atoms with Gasteiger partial charge in [-0.2, -0.15) is 10.2 Å². The minimum atomic E-state index is 0.196. The molecule has 1 aromatic heterocycles. The molecule has 0 aliphatic carbocycles. The lowest BCUT2D eigenvalue weighted by atomic mass is 10.3. The van der Waals surface area contributed by atoms with Gasteiger partial charge in [-0.3, -0.25) is 0 Å². The molecular formula is C11H12N6. The van der Waals surface area contributed by atoms with Gasteiger partial charge in [0.1, 0.15) is 0 Å². The minimum absolute atomic E-state index is 0.196. The summed E-state index contributed by atoms with van der Waals surface area (Å²) in [5.74, 6) is 0.741. The number of nitrogens with zero attached hydrogens (tertiary/aromatic N) is 4. The van der Waals surface area contributed by atoms with Gasteiger partial charge in [0.05, 0.1) is 19.0 Å². The van der Waals surface area contributed by atoms with E-state index in [1.54, 1.807) is 4.68 Å². The number of rotatable bonds is 4. The number of para-hydroxylation sites is 1. The van der Waals surface area contributed by atoms with Crippen LogP contribution in [0.5, 0.6) is 0 Å². The van der Waals surface area contributed by atoms with Crippen molar-refractivity contribution >= 4 is 17.6 Å². The highest BCUT2D eigenvalue weighted by Gasteiger charge is 2.07. The average Bonchev–Trinajstić information content (AvgIpc) is 2.68. The summed E-state index contributed by atoms with van der Waals surface area (Å²) in [6.07, 6.45) is 0.367. The van der Waals surface area contributed by atoms with Crippen molar-refractivity contribution in [1.82, 2.24) is 14.8 Å². The Morgan fingerprint density at radius 1 is 1.35 bits per heavy atom. The van der Waals surface area contributed by atoms with E-state index in [0.29, 0.717) is 18.9 Å². The maximum atomic E-state index is 8.55. The number of anilines is 3. The third-order valence-electron chi connectivity index (χ3n) is 2.15. The fourth-order valence-electron chi connectivity index (χ4n) is 1.41. The van der Waals surface area contributed by atoms with E-state index in [4.69, 9.17) is 11.0 Å². The van der Waals surface area contributed by atoms with Crippen LogP contribution in [0.4, 0.5) is 17.6 Å². The van der Waals surface area contributed by atoms with Gasteiger partial charge in [-0.05, 0) is 12.1 Å². The molecule has 86 valence electrons. The highest BCUT2D eigenvalue weighted by molar-refractivity contribution is 5.53. The molecule has 0 saturated carbocycles. The van der Waals surface area contributed by atoms with Crippen LogP contribution in [0, 0.1) is 11.3 Å². The van der Waals surface area contributed by atoms with E-state index in [1.165, 1.54) is 0 Å². The summed E-state index contributed by atoms with van der Waals surface area (Å²) in [5, 5.41) is 15.7. The number of nitrogens with two attached hydrogens (primary N) is 1.